The minimum absolute atomic E-state index is 0.174. The van der Waals surface area contributed by atoms with Gasteiger partial charge in [0.25, 0.3) is 0 Å². The number of aryl methyl sites for hydroxylation is 1. The van der Waals surface area contributed by atoms with Gasteiger partial charge in [0.15, 0.2) is 11.5 Å². The number of benzene rings is 1. The second-order valence-electron chi connectivity index (χ2n) is 10.9. The fourth-order valence-electron chi connectivity index (χ4n) is 6.20. The van der Waals surface area contributed by atoms with E-state index in [0.29, 0.717) is 19.3 Å². The number of morpholine rings is 1. The van der Waals surface area contributed by atoms with E-state index in [-0.39, 0.29) is 11.3 Å². The number of likely N-dealkylation sites (tertiary alicyclic amines) is 1. The molecule has 0 radical (unpaired) electrons. The minimum atomic E-state index is 0.174. The number of fused-ring (bicyclic) bond motifs is 1. The van der Waals surface area contributed by atoms with Crippen molar-refractivity contribution < 1.29 is 9.53 Å². The highest BCUT2D eigenvalue weighted by atomic mass is 16.5. The van der Waals surface area contributed by atoms with Gasteiger partial charge in [0, 0.05) is 62.4 Å². The molecule has 0 atom stereocenters. The van der Waals surface area contributed by atoms with Crippen LogP contribution in [0.15, 0.2) is 48.9 Å². The van der Waals surface area contributed by atoms with Gasteiger partial charge in [0.05, 0.1) is 30.9 Å². The number of rotatable bonds is 4. The molecule has 190 valence electrons. The lowest BCUT2D eigenvalue weighted by Crippen LogP contribution is -2.63. The standard InChI is InChI=1S/C28H31N7O2/c1-19-4-3-5-21(12-19)23-6-7-35(31-23)25-13-24(32-8-10-37-11-9-32)26-27(30-25)34(18-29-26)22-14-28(15-22)16-33(17-28)20(2)36/h3-7,12-13,18,22H,8-11,14-17H2,1-2H3. The van der Waals surface area contributed by atoms with Gasteiger partial charge in [-0.2, -0.15) is 5.10 Å². The highest BCUT2D eigenvalue weighted by Gasteiger charge is 2.53. The molecule has 2 aliphatic heterocycles. The Morgan fingerprint density at radius 2 is 1.92 bits per heavy atom. The zero-order chi connectivity index (χ0) is 25.1. The van der Waals surface area contributed by atoms with Crippen LogP contribution in [-0.2, 0) is 9.53 Å². The van der Waals surface area contributed by atoms with Gasteiger partial charge >= 0.3 is 0 Å². The first-order valence-electron chi connectivity index (χ1n) is 13.1. The van der Waals surface area contributed by atoms with Crippen molar-refractivity contribution >= 4 is 22.8 Å². The molecular formula is C28H31N7O2. The number of ether oxygens (including phenoxy) is 1. The topological polar surface area (TPSA) is 81.3 Å². The summed E-state index contributed by atoms with van der Waals surface area (Å²) >= 11 is 0. The van der Waals surface area contributed by atoms with Crippen molar-refractivity contribution in [1.29, 1.82) is 0 Å². The number of anilines is 1. The summed E-state index contributed by atoms with van der Waals surface area (Å²) in [5.41, 5.74) is 6.40. The molecule has 1 aliphatic carbocycles. The fourth-order valence-corrected chi connectivity index (χ4v) is 6.20. The number of carbonyl (C=O) groups excluding carboxylic acids is 1. The van der Waals surface area contributed by atoms with Crippen molar-refractivity contribution in [3.63, 3.8) is 0 Å². The molecule has 4 aromatic rings. The summed E-state index contributed by atoms with van der Waals surface area (Å²) < 4.78 is 9.74. The van der Waals surface area contributed by atoms with Crippen LogP contribution in [-0.4, -0.2) is 74.5 Å². The Kier molecular flexibility index (Phi) is 5.11. The normalized spacial score (nSPS) is 19.3. The summed E-state index contributed by atoms with van der Waals surface area (Å²) in [5, 5.41) is 4.89. The van der Waals surface area contributed by atoms with E-state index in [9.17, 15) is 4.79 Å². The molecule has 3 aliphatic rings. The Morgan fingerprint density at radius 1 is 1.11 bits per heavy atom. The molecule has 5 heterocycles. The van der Waals surface area contributed by atoms with Crippen molar-refractivity contribution in [2.45, 2.75) is 32.7 Å². The number of hydrogen-bond donors (Lipinski definition) is 0. The number of hydrogen-bond acceptors (Lipinski definition) is 6. The van der Waals surface area contributed by atoms with Crippen LogP contribution >= 0.6 is 0 Å². The molecular weight excluding hydrogens is 466 g/mol. The summed E-state index contributed by atoms with van der Waals surface area (Å²) in [5.74, 6) is 0.961. The van der Waals surface area contributed by atoms with E-state index in [1.165, 1.54) is 5.56 Å². The Hall–Kier alpha value is -3.72. The molecule has 0 N–H and O–H groups in total. The van der Waals surface area contributed by atoms with Crippen LogP contribution in [0, 0.1) is 12.3 Å². The Labute approximate surface area is 215 Å². The average Bonchev–Trinajstić information content (AvgIpc) is 3.50. The third-order valence-corrected chi connectivity index (χ3v) is 8.21. The molecule has 0 unspecified atom stereocenters. The molecule has 1 spiro atoms. The monoisotopic (exact) mass is 497 g/mol. The van der Waals surface area contributed by atoms with Gasteiger partial charge in [-0.3, -0.25) is 4.79 Å². The van der Waals surface area contributed by atoms with Crippen molar-refractivity contribution in [3.8, 4) is 17.1 Å². The first-order chi connectivity index (χ1) is 18.0. The molecule has 1 saturated carbocycles. The first-order valence-corrected chi connectivity index (χ1v) is 13.1. The molecule has 3 aromatic heterocycles. The van der Waals surface area contributed by atoms with Crippen LogP contribution in [0.2, 0.25) is 0 Å². The zero-order valence-corrected chi connectivity index (χ0v) is 21.3. The van der Waals surface area contributed by atoms with Crippen LogP contribution in [0.4, 0.5) is 5.69 Å². The predicted molar refractivity (Wildman–Crippen MR) is 141 cm³/mol. The summed E-state index contributed by atoms with van der Waals surface area (Å²) in [4.78, 5) is 25.9. The number of pyridine rings is 1. The second kappa shape index (κ2) is 8.41. The lowest BCUT2D eigenvalue weighted by molar-refractivity contribution is -0.151. The smallest absolute Gasteiger partial charge is 0.219 e. The lowest BCUT2D eigenvalue weighted by atomic mass is 9.60. The van der Waals surface area contributed by atoms with Gasteiger partial charge in [0.1, 0.15) is 5.52 Å². The Balaban J connectivity index is 1.25. The van der Waals surface area contributed by atoms with E-state index < -0.39 is 0 Å². The van der Waals surface area contributed by atoms with E-state index >= 15 is 0 Å². The third kappa shape index (κ3) is 3.80. The molecule has 2 saturated heterocycles. The third-order valence-electron chi connectivity index (χ3n) is 8.21. The molecule has 9 heteroatoms. The average molecular weight is 498 g/mol. The quantitative estimate of drug-likeness (QED) is 0.429. The maximum atomic E-state index is 11.7. The molecule has 9 nitrogen and oxygen atoms in total. The number of amides is 1. The SMILES string of the molecule is CC(=O)N1CC2(CC(n3cnc4c(N5CCOCC5)cc(-n5ccc(-c6cccc(C)c6)n5)nc43)C2)C1. The van der Waals surface area contributed by atoms with Crippen LogP contribution in [0.1, 0.15) is 31.4 Å². The van der Waals surface area contributed by atoms with E-state index in [2.05, 4.69) is 46.7 Å². The maximum Gasteiger partial charge on any atom is 0.219 e. The first kappa shape index (κ1) is 22.5. The van der Waals surface area contributed by atoms with Gasteiger partial charge in [0.2, 0.25) is 5.91 Å². The number of aromatic nitrogens is 5. The van der Waals surface area contributed by atoms with Gasteiger partial charge in [-0.05, 0) is 31.9 Å². The summed E-state index contributed by atoms with van der Waals surface area (Å²) in [6.45, 7) is 8.56. The van der Waals surface area contributed by atoms with Crippen molar-refractivity contribution in [1.82, 2.24) is 29.2 Å². The van der Waals surface area contributed by atoms with Crippen molar-refractivity contribution in [3.05, 3.63) is 54.5 Å². The second-order valence-corrected chi connectivity index (χ2v) is 10.9. The molecule has 3 fully saturated rings. The molecule has 7 rings (SSSR count). The summed E-state index contributed by atoms with van der Waals surface area (Å²) in [7, 11) is 0. The van der Waals surface area contributed by atoms with Gasteiger partial charge in [-0.25, -0.2) is 14.6 Å². The van der Waals surface area contributed by atoms with Crippen molar-refractivity contribution in [2.24, 2.45) is 5.41 Å². The summed E-state index contributed by atoms with van der Waals surface area (Å²) in [6, 6.07) is 12.9. The van der Waals surface area contributed by atoms with Gasteiger partial charge in [-0.15, -0.1) is 0 Å². The largest absolute Gasteiger partial charge is 0.378 e. The molecule has 1 amide bonds. The lowest BCUT2D eigenvalue weighted by Gasteiger charge is -2.59. The summed E-state index contributed by atoms with van der Waals surface area (Å²) in [6.07, 6.45) is 6.05. The Bertz CT molecular complexity index is 1490. The predicted octanol–water partition coefficient (Wildman–Crippen LogP) is 3.61. The highest BCUT2D eigenvalue weighted by molar-refractivity contribution is 5.88. The number of carbonyl (C=O) groups is 1. The molecule has 37 heavy (non-hydrogen) atoms. The molecule has 0 bridgehead atoms. The molecule has 1 aromatic carbocycles. The van der Waals surface area contributed by atoms with Crippen LogP contribution in [0.3, 0.4) is 0 Å². The van der Waals surface area contributed by atoms with Crippen LogP contribution < -0.4 is 4.90 Å². The Morgan fingerprint density at radius 3 is 2.68 bits per heavy atom. The zero-order valence-electron chi connectivity index (χ0n) is 21.3. The van der Waals surface area contributed by atoms with Gasteiger partial charge in [-0.1, -0.05) is 23.8 Å². The maximum absolute atomic E-state index is 11.7. The van der Waals surface area contributed by atoms with E-state index in [1.807, 2.05) is 28.2 Å². The van der Waals surface area contributed by atoms with Crippen molar-refractivity contribution in [2.75, 3.05) is 44.3 Å². The van der Waals surface area contributed by atoms with E-state index in [4.69, 9.17) is 19.8 Å². The van der Waals surface area contributed by atoms with Gasteiger partial charge < -0.3 is 19.1 Å². The van der Waals surface area contributed by atoms with Crippen LogP contribution in [0.25, 0.3) is 28.2 Å². The van der Waals surface area contributed by atoms with Crippen LogP contribution in [0.5, 0.6) is 0 Å². The van der Waals surface area contributed by atoms with E-state index in [0.717, 1.165) is 72.9 Å². The number of imidazole rings is 1. The fraction of sp³-hybridized carbons (Fsp3) is 0.429. The van der Waals surface area contributed by atoms with E-state index in [1.54, 1.807) is 6.92 Å². The highest BCUT2D eigenvalue weighted by Crippen LogP contribution is 2.54. The number of nitrogens with zero attached hydrogens (tertiary/aromatic N) is 7. The minimum Gasteiger partial charge on any atom is -0.378 e.